The fourth-order valence-corrected chi connectivity index (χ4v) is 3.69. The largest absolute Gasteiger partial charge is 0.300 e. The number of thiazole rings is 1. The Balaban J connectivity index is 1.98. The first kappa shape index (κ1) is 14.5. The van der Waals surface area contributed by atoms with Crippen LogP contribution in [0.5, 0.6) is 0 Å². The molecule has 2 heterocycles. The highest BCUT2D eigenvalue weighted by atomic mass is 32.1. The molecule has 4 heteroatoms. The molecule has 0 spiro atoms. The number of aromatic nitrogens is 1. The quantitative estimate of drug-likeness (QED) is 0.845. The summed E-state index contributed by atoms with van der Waals surface area (Å²) in [6, 6.07) is 2.99. The Labute approximate surface area is 120 Å². The smallest absolute Gasteiger partial charge is 0.128 e. The molecule has 2 rings (SSSR count). The van der Waals surface area contributed by atoms with Crippen molar-refractivity contribution in [3.63, 3.8) is 0 Å². The lowest BCUT2D eigenvalue weighted by Crippen LogP contribution is -2.38. The van der Waals surface area contributed by atoms with Crippen LogP contribution in [0.25, 0.3) is 0 Å². The van der Waals surface area contributed by atoms with Crippen LogP contribution in [0.2, 0.25) is 0 Å². The van der Waals surface area contributed by atoms with E-state index in [0.29, 0.717) is 12.0 Å². The molecule has 1 aromatic rings. The molecule has 1 aliphatic rings. The highest BCUT2D eigenvalue weighted by Crippen LogP contribution is 2.25. The molecule has 1 fully saturated rings. The van der Waals surface area contributed by atoms with Crippen LogP contribution >= 0.6 is 11.3 Å². The SMILES string of the molecule is CC(C)c1nc(CCN2CCCCC2C)sc1C#N. The van der Waals surface area contributed by atoms with E-state index in [0.717, 1.165) is 28.5 Å². The zero-order chi connectivity index (χ0) is 13.8. The zero-order valence-electron chi connectivity index (χ0n) is 12.1. The molecule has 0 amide bonds. The molecule has 0 N–H and O–H groups in total. The maximum atomic E-state index is 9.15. The molecule has 19 heavy (non-hydrogen) atoms. The number of hydrogen-bond acceptors (Lipinski definition) is 4. The third kappa shape index (κ3) is 3.55. The first-order valence-corrected chi connectivity index (χ1v) is 8.07. The maximum Gasteiger partial charge on any atom is 0.128 e. The van der Waals surface area contributed by atoms with E-state index in [9.17, 15) is 0 Å². The van der Waals surface area contributed by atoms with Gasteiger partial charge >= 0.3 is 0 Å². The van der Waals surface area contributed by atoms with Gasteiger partial charge in [-0.25, -0.2) is 4.98 Å². The second kappa shape index (κ2) is 6.49. The molecular formula is C15H23N3S. The first-order valence-electron chi connectivity index (χ1n) is 7.25. The predicted octanol–water partition coefficient (Wildman–Crippen LogP) is 3.56. The topological polar surface area (TPSA) is 39.9 Å². The second-order valence-corrected chi connectivity index (χ2v) is 6.80. The monoisotopic (exact) mass is 277 g/mol. The van der Waals surface area contributed by atoms with E-state index in [2.05, 4.69) is 36.7 Å². The van der Waals surface area contributed by atoms with E-state index >= 15 is 0 Å². The lowest BCUT2D eigenvalue weighted by Gasteiger charge is -2.32. The molecule has 0 saturated carbocycles. The van der Waals surface area contributed by atoms with Crippen LogP contribution in [0.15, 0.2) is 0 Å². The Kier molecular flexibility index (Phi) is 4.95. The normalized spacial score (nSPS) is 20.7. The van der Waals surface area contributed by atoms with Crippen LogP contribution in [-0.4, -0.2) is 29.0 Å². The highest BCUT2D eigenvalue weighted by Gasteiger charge is 2.19. The van der Waals surface area contributed by atoms with Gasteiger partial charge in [-0.1, -0.05) is 20.3 Å². The molecule has 1 unspecified atom stereocenters. The van der Waals surface area contributed by atoms with Gasteiger partial charge in [-0.2, -0.15) is 5.26 Å². The van der Waals surface area contributed by atoms with Gasteiger partial charge < -0.3 is 4.90 Å². The third-order valence-corrected chi connectivity index (χ3v) is 4.94. The molecule has 104 valence electrons. The van der Waals surface area contributed by atoms with Gasteiger partial charge in [0, 0.05) is 19.0 Å². The summed E-state index contributed by atoms with van der Waals surface area (Å²) >= 11 is 1.58. The fraction of sp³-hybridized carbons (Fsp3) is 0.733. The Bertz CT molecular complexity index is 458. The molecule has 3 nitrogen and oxygen atoms in total. The van der Waals surface area contributed by atoms with E-state index in [1.807, 2.05) is 0 Å². The lowest BCUT2D eigenvalue weighted by molar-refractivity contribution is 0.163. The van der Waals surface area contributed by atoms with Gasteiger partial charge in [0.05, 0.1) is 10.7 Å². The third-order valence-electron chi connectivity index (χ3n) is 3.90. The number of likely N-dealkylation sites (tertiary alicyclic amines) is 1. The summed E-state index contributed by atoms with van der Waals surface area (Å²) in [5.74, 6) is 0.341. The van der Waals surface area contributed by atoms with Crippen LogP contribution in [0.3, 0.4) is 0 Å². The van der Waals surface area contributed by atoms with Crippen LogP contribution in [-0.2, 0) is 6.42 Å². The van der Waals surface area contributed by atoms with Gasteiger partial charge in [0.15, 0.2) is 0 Å². The van der Waals surface area contributed by atoms with Crippen molar-refractivity contribution in [1.29, 1.82) is 5.26 Å². The van der Waals surface area contributed by atoms with Crippen molar-refractivity contribution in [2.24, 2.45) is 0 Å². The maximum absolute atomic E-state index is 9.15. The number of piperidine rings is 1. The van der Waals surface area contributed by atoms with Gasteiger partial charge in [-0.15, -0.1) is 11.3 Å². The van der Waals surface area contributed by atoms with Crippen molar-refractivity contribution in [1.82, 2.24) is 9.88 Å². The van der Waals surface area contributed by atoms with Crippen molar-refractivity contribution in [2.75, 3.05) is 13.1 Å². The van der Waals surface area contributed by atoms with Crippen LogP contribution in [0.1, 0.15) is 61.5 Å². The van der Waals surface area contributed by atoms with Crippen molar-refractivity contribution in [3.05, 3.63) is 15.6 Å². The summed E-state index contributed by atoms with van der Waals surface area (Å²) in [6.07, 6.45) is 4.99. The average molecular weight is 277 g/mol. The Morgan fingerprint density at radius 1 is 1.47 bits per heavy atom. The summed E-state index contributed by atoms with van der Waals surface area (Å²) in [5.41, 5.74) is 0.981. The van der Waals surface area contributed by atoms with Crippen molar-refractivity contribution >= 4 is 11.3 Å². The summed E-state index contributed by atoms with van der Waals surface area (Å²) in [4.78, 5) is 8.02. The molecule has 0 radical (unpaired) electrons. The summed E-state index contributed by atoms with van der Waals surface area (Å²) in [7, 11) is 0. The van der Waals surface area contributed by atoms with Crippen molar-refractivity contribution in [3.8, 4) is 6.07 Å². The van der Waals surface area contributed by atoms with Crippen LogP contribution in [0.4, 0.5) is 0 Å². The van der Waals surface area contributed by atoms with E-state index in [1.54, 1.807) is 11.3 Å². The van der Waals surface area contributed by atoms with E-state index in [-0.39, 0.29) is 0 Å². The minimum atomic E-state index is 0.341. The Hall–Kier alpha value is -0.920. The molecule has 1 atom stereocenters. The number of nitriles is 1. The molecular weight excluding hydrogens is 254 g/mol. The van der Waals surface area contributed by atoms with Gasteiger partial charge in [0.25, 0.3) is 0 Å². The molecule has 1 saturated heterocycles. The summed E-state index contributed by atoms with van der Waals surface area (Å²) < 4.78 is 0. The number of hydrogen-bond donors (Lipinski definition) is 0. The molecule has 0 aliphatic carbocycles. The van der Waals surface area contributed by atoms with Crippen molar-refractivity contribution in [2.45, 2.75) is 58.4 Å². The van der Waals surface area contributed by atoms with E-state index < -0.39 is 0 Å². The zero-order valence-corrected chi connectivity index (χ0v) is 13.0. The summed E-state index contributed by atoms with van der Waals surface area (Å²) in [5, 5.41) is 10.3. The van der Waals surface area contributed by atoms with E-state index in [4.69, 9.17) is 5.26 Å². The molecule has 1 aliphatic heterocycles. The van der Waals surface area contributed by atoms with Crippen molar-refractivity contribution < 1.29 is 0 Å². The lowest BCUT2D eigenvalue weighted by atomic mass is 10.0. The minimum absolute atomic E-state index is 0.341. The van der Waals surface area contributed by atoms with E-state index in [1.165, 1.54) is 25.8 Å². The summed E-state index contributed by atoms with van der Waals surface area (Å²) in [6.45, 7) is 8.83. The average Bonchev–Trinajstić information content (AvgIpc) is 2.81. The Morgan fingerprint density at radius 3 is 2.84 bits per heavy atom. The fourth-order valence-electron chi connectivity index (χ4n) is 2.69. The van der Waals surface area contributed by atoms with Gasteiger partial charge in [0.2, 0.25) is 0 Å². The Morgan fingerprint density at radius 2 is 2.26 bits per heavy atom. The highest BCUT2D eigenvalue weighted by molar-refractivity contribution is 7.12. The van der Waals surface area contributed by atoms with Gasteiger partial charge in [-0.05, 0) is 32.2 Å². The standard InChI is InChI=1S/C15H23N3S/c1-11(2)15-13(10-16)19-14(17-15)7-9-18-8-5-4-6-12(18)3/h11-12H,4-9H2,1-3H3. The van der Waals surface area contributed by atoms with Crippen LogP contribution in [0, 0.1) is 11.3 Å². The predicted molar refractivity (Wildman–Crippen MR) is 79.5 cm³/mol. The molecule has 0 aromatic carbocycles. The number of rotatable bonds is 4. The molecule has 0 bridgehead atoms. The van der Waals surface area contributed by atoms with Gasteiger partial charge in [-0.3, -0.25) is 0 Å². The minimum Gasteiger partial charge on any atom is -0.300 e. The van der Waals surface area contributed by atoms with Gasteiger partial charge in [0.1, 0.15) is 10.9 Å². The van der Waals surface area contributed by atoms with Crippen LogP contribution < -0.4 is 0 Å². The molecule has 1 aromatic heterocycles. The second-order valence-electron chi connectivity index (χ2n) is 5.72. The number of nitrogens with zero attached hydrogens (tertiary/aromatic N) is 3. The first-order chi connectivity index (χ1) is 9.11.